The van der Waals surface area contributed by atoms with Crippen LogP contribution >= 0.6 is 11.3 Å². The second-order valence-electron chi connectivity index (χ2n) is 15.4. The van der Waals surface area contributed by atoms with Gasteiger partial charge < -0.3 is 0 Å². The van der Waals surface area contributed by atoms with Crippen molar-refractivity contribution >= 4 is 42.3 Å². The molecule has 8 aromatic carbocycles. The zero-order valence-electron chi connectivity index (χ0n) is 31.1. The Kier molecular flexibility index (Phi) is 7.42. The van der Waals surface area contributed by atoms with Gasteiger partial charge in [-0.25, -0.2) is 9.97 Å². The van der Waals surface area contributed by atoms with Gasteiger partial charge in [0.25, 0.3) is 0 Å². The molecule has 2 aromatic heterocycles. The lowest BCUT2D eigenvalue weighted by molar-refractivity contribution is 0.660. The molecule has 3 heteroatoms. The SMILES string of the molecule is CC1(C)c2ccccc2-c2c(-c3cc(-c4cc(-c5ccccc5)cc(-c5ccc6c(c5)sc5cc7ccccc7cc56)c4)nc(-c4ccccc4)n3)cccc21. The Balaban J connectivity index is 1.12. The first kappa shape index (κ1) is 32.7. The predicted molar refractivity (Wildman–Crippen MR) is 237 cm³/mol. The van der Waals surface area contributed by atoms with Crippen LogP contribution in [0.25, 0.3) is 98.2 Å². The molecule has 264 valence electrons. The molecule has 1 aliphatic carbocycles. The van der Waals surface area contributed by atoms with Gasteiger partial charge in [-0.1, -0.05) is 153 Å². The minimum absolute atomic E-state index is 0.109. The summed E-state index contributed by atoms with van der Waals surface area (Å²) in [4.78, 5) is 10.7. The highest BCUT2D eigenvalue weighted by Gasteiger charge is 2.36. The van der Waals surface area contributed by atoms with E-state index in [1.54, 1.807) is 0 Å². The summed E-state index contributed by atoms with van der Waals surface area (Å²) in [5, 5.41) is 5.16. The van der Waals surface area contributed by atoms with Crippen LogP contribution in [0.1, 0.15) is 25.0 Å². The van der Waals surface area contributed by atoms with Crippen molar-refractivity contribution in [1.29, 1.82) is 0 Å². The Bertz CT molecular complexity index is 3160. The third-order valence-electron chi connectivity index (χ3n) is 11.7. The number of nitrogens with zero attached hydrogens (tertiary/aromatic N) is 2. The number of hydrogen-bond acceptors (Lipinski definition) is 3. The van der Waals surface area contributed by atoms with Gasteiger partial charge in [-0.2, -0.15) is 0 Å². The maximum absolute atomic E-state index is 5.33. The molecule has 2 nitrogen and oxygen atoms in total. The van der Waals surface area contributed by atoms with Gasteiger partial charge in [0.2, 0.25) is 0 Å². The first-order valence-corrected chi connectivity index (χ1v) is 20.0. The molecule has 0 aliphatic heterocycles. The number of hydrogen-bond donors (Lipinski definition) is 0. The molecule has 0 bridgehead atoms. The highest BCUT2D eigenvalue weighted by molar-refractivity contribution is 7.25. The summed E-state index contributed by atoms with van der Waals surface area (Å²) in [6.45, 7) is 4.66. The number of benzene rings is 8. The van der Waals surface area contributed by atoms with Gasteiger partial charge in [-0.3, -0.25) is 0 Å². The lowest BCUT2D eigenvalue weighted by Crippen LogP contribution is -2.14. The fraction of sp³-hybridized carbons (Fsp3) is 0.0566. The van der Waals surface area contributed by atoms with Crippen LogP contribution < -0.4 is 0 Å². The van der Waals surface area contributed by atoms with E-state index in [-0.39, 0.29) is 5.41 Å². The molecule has 0 radical (unpaired) electrons. The van der Waals surface area contributed by atoms with Crippen LogP contribution in [0.15, 0.2) is 182 Å². The number of aromatic nitrogens is 2. The van der Waals surface area contributed by atoms with Crippen LogP contribution in [-0.4, -0.2) is 9.97 Å². The lowest BCUT2D eigenvalue weighted by atomic mass is 9.82. The molecule has 0 unspecified atom stereocenters. The Hall–Kier alpha value is -6.68. The van der Waals surface area contributed by atoms with E-state index in [1.165, 1.54) is 64.3 Å². The quantitative estimate of drug-likeness (QED) is 0.176. The van der Waals surface area contributed by atoms with Crippen molar-refractivity contribution in [3.05, 3.63) is 193 Å². The summed E-state index contributed by atoms with van der Waals surface area (Å²) in [6.07, 6.45) is 0. The Morgan fingerprint density at radius 2 is 1.00 bits per heavy atom. The van der Waals surface area contributed by atoms with Crippen molar-refractivity contribution < 1.29 is 0 Å². The molecule has 10 aromatic rings. The summed E-state index contributed by atoms with van der Waals surface area (Å²) < 4.78 is 2.60. The van der Waals surface area contributed by atoms with Crippen LogP contribution in [0, 0.1) is 0 Å². The zero-order valence-corrected chi connectivity index (χ0v) is 31.9. The standard InChI is InChI=1S/C53H36N2S/c1-53(2)45-22-12-11-20-42(45)51-43(21-13-23-46(51)53)48-32-47(54-52(55-48)34-16-7-4-8-17-34)40-27-38(33-14-5-3-6-15-33)26-39(28-40)37-24-25-41-44-29-35-18-9-10-19-36(35)30-50(44)56-49(41)31-37/h3-32H,1-2H3. The summed E-state index contributed by atoms with van der Waals surface area (Å²) in [6, 6.07) is 66.0. The summed E-state index contributed by atoms with van der Waals surface area (Å²) in [7, 11) is 0. The fourth-order valence-electron chi connectivity index (χ4n) is 8.80. The van der Waals surface area contributed by atoms with Gasteiger partial charge in [-0.05, 0) is 97.7 Å². The third-order valence-corrected chi connectivity index (χ3v) is 12.8. The normalized spacial score (nSPS) is 13.0. The van der Waals surface area contributed by atoms with Crippen molar-refractivity contribution in [1.82, 2.24) is 9.97 Å². The molecule has 0 atom stereocenters. The Morgan fingerprint density at radius 3 is 1.80 bits per heavy atom. The van der Waals surface area contributed by atoms with Gasteiger partial charge in [0, 0.05) is 42.3 Å². The van der Waals surface area contributed by atoms with E-state index in [4.69, 9.17) is 9.97 Å². The van der Waals surface area contributed by atoms with Crippen molar-refractivity contribution in [2.75, 3.05) is 0 Å². The Morgan fingerprint density at radius 1 is 0.393 bits per heavy atom. The van der Waals surface area contributed by atoms with E-state index >= 15 is 0 Å². The van der Waals surface area contributed by atoms with Crippen LogP contribution in [0.5, 0.6) is 0 Å². The van der Waals surface area contributed by atoms with E-state index in [9.17, 15) is 0 Å². The topological polar surface area (TPSA) is 25.8 Å². The lowest BCUT2D eigenvalue weighted by Gasteiger charge is -2.21. The first-order valence-electron chi connectivity index (χ1n) is 19.2. The van der Waals surface area contributed by atoms with Gasteiger partial charge in [0.15, 0.2) is 5.82 Å². The van der Waals surface area contributed by atoms with Crippen molar-refractivity contribution in [3.8, 4) is 67.3 Å². The van der Waals surface area contributed by atoms with Gasteiger partial charge in [0.05, 0.1) is 11.4 Å². The molecule has 1 aliphatic rings. The van der Waals surface area contributed by atoms with Gasteiger partial charge in [0.1, 0.15) is 0 Å². The zero-order chi connectivity index (χ0) is 37.4. The summed E-state index contributed by atoms with van der Waals surface area (Å²) in [5.41, 5.74) is 14.8. The highest BCUT2D eigenvalue weighted by Crippen LogP contribution is 2.52. The van der Waals surface area contributed by atoms with Crippen LogP contribution in [-0.2, 0) is 5.41 Å². The smallest absolute Gasteiger partial charge is 0.160 e. The minimum atomic E-state index is -0.109. The molecule has 0 fully saturated rings. The molecular weight excluding hydrogens is 697 g/mol. The van der Waals surface area contributed by atoms with E-state index in [2.05, 4.69) is 190 Å². The molecule has 0 spiro atoms. The molecule has 0 N–H and O–H groups in total. The predicted octanol–water partition coefficient (Wildman–Crippen LogP) is 14.6. The average Bonchev–Trinajstić information content (AvgIpc) is 3.73. The van der Waals surface area contributed by atoms with Crippen molar-refractivity contribution in [2.45, 2.75) is 19.3 Å². The van der Waals surface area contributed by atoms with E-state index in [0.717, 1.165) is 39.2 Å². The molecule has 0 amide bonds. The molecule has 2 heterocycles. The molecule has 0 saturated carbocycles. The van der Waals surface area contributed by atoms with Crippen molar-refractivity contribution in [3.63, 3.8) is 0 Å². The van der Waals surface area contributed by atoms with E-state index in [0.29, 0.717) is 5.82 Å². The number of thiophene rings is 1. The monoisotopic (exact) mass is 732 g/mol. The number of rotatable bonds is 5. The molecular formula is C53H36N2S. The molecule has 56 heavy (non-hydrogen) atoms. The van der Waals surface area contributed by atoms with Crippen LogP contribution in [0.3, 0.4) is 0 Å². The van der Waals surface area contributed by atoms with Gasteiger partial charge in [-0.15, -0.1) is 11.3 Å². The largest absolute Gasteiger partial charge is 0.228 e. The van der Waals surface area contributed by atoms with E-state index in [1.807, 2.05) is 17.4 Å². The molecule has 11 rings (SSSR count). The number of fused-ring (bicyclic) bond motifs is 7. The van der Waals surface area contributed by atoms with Crippen LogP contribution in [0.4, 0.5) is 0 Å². The highest BCUT2D eigenvalue weighted by atomic mass is 32.1. The van der Waals surface area contributed by atoms with Gasteiger partial charge >= 0.3 is 0 Å². The maximum atomic E-state index is 5.33. The average molecular weight is 733 g/mol. The maximum Gasteiger partial charge on any atom is 0.160 e. The summed E-state index contributed by atoms with van der Waals surface area (Å²) >= 11 is 1.87. The second-order valence-corrected chi connectivity index (χ2v) is 16.5. The third kappa shape index (κ3) is 5.31. The first-order chi connectivity index (χ1) is 27.5. The minimum Gasteiger partial charge on any atom is -0.228 e. The Labute approximate surface area is 330 Å². The van der Waals surface area contributed by atoms with E-state index < -0.39 is 0 Å². The summed E-state index contributed by atoms with van der Waals surface area (Å²) in [5.74, 6) is 0.715. The second kappa shape index (κ2) is 12.7. The molecule has 0 saturated heterocycles. The van der Waals surface area contributed by atoms with Crippen molar-refractivity contribution in [2.24, 2.45) is 0 Å². The van der Waals surface area contributed by atoms with Crippen LogP contribution in [0.2, 0.25) is 0 Å². The fourth-order valence-corrected chi connectivity index (χ4v) is 9.97.